The number of aromatic carboxylic acids is 1. The molecule has 2 N–H and O–H groups in total. The normalized spacial score (nSPS) is 10.7. The zero-order valence-corrected chi connectivity index (χ0v) is 18.9. The number of hydrogen-bond acceptors (Lipinski definition) is 6. The van der Waals surface area contributed by atoms with Crippen molar-refractivity contribution in [2.75, 3.05) is 11.1 Å². The van der Waals surface area contributed by atoms with Crippen molar-refractivity contribution >= 4 is 45.3 Å². The number of carboxylic acid groups (broad SMARTS) is 1. The Morgan fingerprint density at radius 3 is 2.50 bits per heavy atom. The summed E-state index contributed by atoms with van der Waals surface area (Å²) in [7, 11) is 0. The molecule has 0 fully saturated rings. The first-order chi connectivity index (χ1) is 15.5. The highest BCUT2D eigenvalue weighted by Crippen LogP contribution is 2.21. The average molecular weight is 510 g/mol. The van der Waals surface area contributed by atoms with Crippen LogP contribution >= 0.6 is 27.7 Å². The third-order valence-corrected chi connectivity index (χ3v) is 5.90. The lowest BCUT2D eigenvalue weighted by Gasteiger charge is -2.07. The van der Waals surface area contributed by atoms with Crippen LogP contribution in [-0.2, 0) is 4.79 Å². The molecule has 0 atom stereocenters. The third-order valence-electron chi connectivity index (χ3n) is 4.43. The molecule has 160 valence electrons. The summed E-state index contributed by atoms with van der Waals surface area (Å²) in [5.74, 6) is -0.666. The van der Waals surface area contributed by atoms with Gasteiger partial charge in [0.05, 0.1) is 22.4 Å². The zero-order valence-electron chi connectivity index (χ0n) is 16.5. The van der Waals surface area contributed by atoms with Crippen LogP contribution < -0.4 is 15.0 Å². The number of pyridine rings is 1. The molecule has 0 radical (unpaired) electrons. The summed E-state index contributed by atoms with van der Waals surface area (Å²) in [6.45, 7) is 0. The Morgan fingerprint density at radius 1 is 1.09 bits per heavy atom. The molecule has 0 bridgehead atoms. The third kappa shape index (κ3) is 5.04. The number of H-pyrrole nitrogens is 1. The van der Waals surface area contributed by atoms with Crippen molar-refractivity contribution in [1.29, 1.82) is 0 Å². The Labute approximate surface area is 195 Å². The van der Waals surface area contributed by atoms with E-state index >= 15 is 0 Å². The first-order valence-electron chi connectivity index (χ1n) is 9.42. The Morgan fingerprint density at radius 2 is 1.84 bits per heavy atom. The van der Waals surface area contributed by atoms with Gasteiger partial charge < -0.3 is 15.2 Å². The minimum Gasteiger partial charge on any atom is -0.545 e. The lowest BCUT2D eigenvalue weighted by Crippen LogP contribution is -2.34. The molecule has 0 unspecified atom stereocenters. The van der Waals surface area contributed by atoms with Gasteiger partial charge in [0, 0.05) is 22.6 Å². The second kappa shape index (κ2) is 9.75. The van der Waals surface area contributed by atoms with Gasteiger partial charge in [0.2, 0.25) is 5.91 Å². The van der Waals surface area contributed by atoms with Crippen LogP contribution in [0.4, 0.5) is 5.69 Å². The van der Waals surface area contributed by atoms with Gasteiger partial charge in [-0.2, -0.15) is 4.57 Å². The smallest absolute Gasteiger partial charge is 0.342 e. The maximum absolute atomic E-state index is 12.4. The fourth-order valence-corrected chi connectivity index (χ4v) is 3.97. The molecular formula is C22H16BrN5O3S. The van der Waals surface area contributed by atoms with Gasteiger partial charge in [0.15, 0.2) is 0 Å². The van der Waals surface area contributed by atoms with Crippen molar-refractivity contribution in [2.24, 2.45) is 0 Å². The van der Waals surface area contributed by atoms with Gasteiger partial charge in [-0.25, -0.2) is 0 Å². The number of thioether (sulfide) groups is 1. The minimum atomic E-state index is -1.26. The number of carbonyl (C=O) groups is 2. The molecule has 1 amide bonds. The van der Waals surface area contributed by atoms with Gasteiger partial charge in [-0.1, -0.05) is 28.1 Å². The molecule has 4 aromatic rings. The van der Waals surface area contributed by atoms with Crippen LogP contribution in [-0.4, -0.2) is 32.8 Å². The number of rotatable bonds is 7. The van der Waals surface area contributed by atoms with E-state index in [1.165, 1.54) is 36.0 Å². The van der Waals surface area contributed by atoms with E-state index in [1.54, 1.807) is 12.4 Å². The first kappa shape index (κ1) is 21.7. The lowest BCUT2D eigenvalue weighted by molar-refractivity contribution is -0.625. The molecule has 0 saturated carbocycles. The largest absolute Gasteiger partial charge is 0.545 e. The van der Waals surface area contributed by atoms with Gasteiger partial charge in [0.1, 0.15) is 5.69 Å². The predicted octanol–water partition coefficient (Wildman–Crippen LogP) is 2.61. The second-order valence-corrected chi connectivity index (χ2v) is 8.47. The van der Waals surface area contributed by atoms with Gasteiger partial charge >= 0.3 is 5.16 Å². The molecule has 2 heterocycles. The van der Waals surface area contributed by atoms with Crippen LogP contribution in [0, 0.1) is 0 Å². The number of carbonyl (C=O) groups excluding carboxylic acids is 2. The van der Waals surface area contributed by atoms with Crippen molar-refractivity contribution in [3.8, 4) is 17.1 Å². The van der Waals surface area contributed by atoms with Crippen molar-refractivity contribution < 1.29 is 19.3 Å². The van der Waals surface area contributed by atoms with E-state index in [-0.39, 0.29) is 17.2 Å². The van der Waals surface area contributed by atoms with Crippen molar-refractivity contribution in [3.05, 3.63) is 83.1 Å². The van der Waals surface area contributed by atoms with Crippen LogP contribution in [0.2, 0.25) is 0 Å². The molecule has 0 spiro atoms. The van der Waals surface area contributed by atoms with Crippen LogP contribution in [0.3, 0.4) is 0 Å². The molecule has 0 aliphatic heterocycles. The summed E-state index contributed by atoms with van der Waals surface area (Å²) < 4.78 is 2.88. The maximum Gasteiger partial charge on any atom is 0.342 e. The molecular weight excluding hydrogens is 494 g/mol. The van der Waals surface area contributed by atoms with Gasteiger partial charge in [-0.15, -0.1) is 5.10 Å². The van der Waals surface area contributed by atoms with Crippen LogP contribution in [0.25, 0.3) is 17.1 Å². The topological polar surface area (TPSA) is 115 Å². The molecule has 4 rings (SSSR count). The van der Waals surface area contributed by atoms with E-state index in [9.17, 15) is 14.7 Å². The number of aromatic nitrogens is 4. The quantitative estimate of drug-likeness (QED) is 0.292. The molecule has 2 aromatic carbocycles. The summed E-state index contributed by atoms with van der Waals surface area (Å²) in [5.41, 5.74) is 2.28. The Bertz CT molecular complexity index is 1250. The number of halogens is 1. The molecule has 8 nitrogen and oxygen atoms in total. The summed E-state index contributed by atoms with van der Waals surface area (Å²) in [6.07, 6.45) is 3.43. The minimum absolute atomic E-state index is 0.0485. The van der Waals surface area contributed by atoms with Gasteiger partial charge in [0.25, 0.3) is 5.82 Å². The molecule has 0 aliphatic carbocycles. The highest BCUT2D eigenvalue weighted by atomic mass is 79.9. The van der Waals surface area contributed by atoms with Crippen LogP contribution in [0.5, 0.6) is 0 Å². The second-order valence-electron chi connectivity index (χ2n) is 6.61. The summed E-state index contributed by atoms with van der Waals surface area (Å²) in [4.78, 5) is 27.5. The number of aromatic amines is 1. The summed E-state index contributed by atoms with van der Waals surface area (Å²) >= 11 is 4.72. The number of nitrogens with one attached hydrogen (secondary N) is 2. The fourth-order valence-electron chi connectivity index (χ4n) is 2.94. The lowest BCUT2D eigenvalue weighted by atomic mass is 10.2. The molecule has 0 aliphatic rings. The molecule has 0 saturated heterocycles. The van der Waals surface area contributed by atoms with E-state index in [0.29, 0.717) is 10.8 Å². The van der Waals surface area contributed by atoms with E-state index in [1.807, 2.05) is 41.0 Å². The molecule has 2 aromatic heterocycles. The maximum atomic E-state index is 12.4. The van der Waals surface area contributed by atoms with Crippen molar-refractivity contribution in [2.45, 2.75) is 5.16 Å². The average Bonchev–Trinajstić information content (AvgIpc) is 3.23. The number of benzene rings is 2. The number of amides is 1. The fraction of sp³-hybridized carbons (Fsp3) is 0.0455. The van der Waals surface area contributed by atoms with E-state index < -0.39 is 5.97 Å². The first-order valence-corrected chi connectivity index (χ1v) is 11.2. The Hall–Kier alpha value is -3.50. The van der Waals surface area contributed by atoms with E-state index in [0.717, 1.165) is 21.5 Å². The Balaban J connectivity index is 1.54. The number of hydrogen-bond donors (Lipinski definition) is 2. The van der Waals surface area contributed by atoms with Gasteiger partial charge in [-0.3, -0.25) is 9.78 Å². The molecule has 10 heteroatoms. The van der Waals surface area contributed by atoms with E-state index in [4.69, 9.17) is 0 Å². The number of nitrogens with zero attached hydrogens (tertiary/aromatic N) is 3. The summed E-state index contributed by atoms with van der Waals surface area (Å²) in [5, 5.41) is 21.6. The van der Waals surface area contributed by atoms with Crippen LogP contribution in [0.15, 0.2) is 82.7 Å². The van der Waals surface area contributed by atoms with Crippen LogP contribution in [0.1, 0.15) is 10.4 Å². The zero-order chi connectivity index (χ0) is 22.5. The number of anilines is 1. The van der Waals surface area contributed by atoms with E-state index in [2.05, 4.69) is 36.4 Å². The highest BCUT2D eigenvalue weighted by Gasteiger charge is 2.24. The van der Waals surface area contributed by atoms with Gasteiger partial charge in [-0.05, 0) is 65.9 Å². The standard InChI is InChI=1S/C22H16BrN5O3S/c23-16-5-9-18(10-6-16)28-20(15-2-1-11-24-12-15)26-27-22(28)32-13-19(29)25-17-7-3-14(4-8-17)21(30)31/h1-12H,13H2,(H2,25,29,30,31). The Kier molecular flexibility index (Phi) is 6.62. The monoisotopic (exact) mass is 509 g/mol. The predicted molar refractivity (Wildman–Crippen MR) is 121 cm³/mol. The highest BCUT2D eigenvalue weighted by molar-refractivity contribution is 9.10. The van der Waals surface area contributed by atoms with Crippen molar-refractivity contribution in [3.63, 3.8) is 0 Å². The SMILES string of the molecule is O=C(CSc1n[nH]c(-c2cccnc2)[n+]1-c1ccc(Br)cc1)Nc1ccc(C(=O)[O-])cc1. The van der Waals surface area contributed by atoms with Crippen molar-refractivity contribution in [1.82, 2.24) is 15.2 Å². The molecule has 32 heavy (non-hydrogen) atoms. The summed E-state index contributed by atoms with van der Waals surface area (Å²) in [6, 6.07) is 17.3. The number of carboxylic acids is 1.